The Labute approximate surface area is 166 Å². The molecule has 2 aromatic rings. The summed E-state index contributed by atoms with van der Waals surface area (Å²) in [6.45, 7) is 4.92. The first kappa shape index (κ1) is 18.2. The van der Waals surface area contributed by atoms with Crippen LogP contribution in [0.4, 0.5) is 0 Å². The van der Waals surface area contributed by atoms with Gasteiger partial charge in [-0.15, -0.1) is 0 Å². The molecule has 1 aromatic carbocycles. The molecule has 6 unspecified atom stereocenters. The Bertz CT molecular complexity index is 920. The maximum Gasteiger partial charge on any atom is 0.302 e. The van der Waals surface area contributed by atoms with Crippen LogP contribution in [0.15, 0.2) is 24.3 Å². The number of piperidine rings is 1. The molecule has 3 aliphatic heterocycles. The minimum absolute atomic E-state index is 0.136. The summed E-state index contributed by atoms with van der Waals surface area (Å²) in [5.41, 5.74) is 4.33. The largest absolute Gasteiger partial charge is 0.465 e. The molecule has 0 saturated carbocycles. The Kier molecular flexibility index (Phi) is 4.29. The van der Waals surface area contributed by atoms with Crippen LogP contribution in [0, 0.1) is 17.8 Å². The lowest BCUT2D eigenvalue weighted by Crippen LogP contribution is -2.59. The van der Waals surface area contributed by atoms with E-state index in [0.717, 1.165) is 19.4 Å². The molecular formula is C23H30N2O3. The minimum Gasteiger partial charge on any atom is -0.465 e. The van der Waals surface area contributed by atoms with Crippen molar-refractivity contribution in [3.05, 3.63) is 35.5 Å². The molecule has 0 spiro atoms. The first-order valence-corrected chi connectivity index (χ1v) is 10.5. The van der Waals surface area contributed by atoms with E-state index in [1.165, 1.54) is 29.1 Å². The minimum atomic E-state index is -0.196. The molecule has 0 amide bonds. The summed E-state index contributed by atoms with van der Waals surface area (Å²) in [5.74, 6) is 1.10. The van der Waals surface area contributed by atoms with E-state index in [1.54, 1.807) is 0 Å². The van der Waals surface area contributed by atoms with Gasteiger partial charge in [-0.1, -0.05) is 18.2 Å². The standard InChI is InChI=1S/C23H30N2O3/c1-13-18(11-28-14(2)26)16-9-22-23-17(10-21(24(22)3)19(16)12-27-13)15-7-5-6-8-20(15)25(23)4/h5-8,13,16,18-19,21-22H,9-12H2,1-4H3. The molecule has 5 heteroatoms. The summed E-state index contributed by atoms with van der Waals surface area (Å²) in [5, 5.41) is 1.41. The summed E-state index contributed by atoms with van der Waals surface area (Å²) in [7, 11) is 4.50. The number of benzene rings is 1. The van der Waals surface area contributed by atoms with Crippen molar-refractivity contribution in [3.63, 3.8) is 0 Å². The van der Waals surface area contributed by atoms with Gasteiger partial charge < -0.3 is 14.0 Å². The van der Waals surface area contributed by atoms with Crippen molar-refractivity contribution in [1.82, 2.24) is 9.47 Å². The van der Waals surface area contributed by atoms with Gasteiger partial charge >= 0.3 is 5.97 Å². The lowest BCUT2D eigenvalue weighted by Gasteiger charge is -2.56. The lowest BCUT2D eigenvalue weighted by atomic mass is 9.64. The van der Waals surface area contributed by atoms with Crippen LogP contribution in [0.1, 0.15) is 37.6 Å². The summed E-state index contributed by atoms with van der Waals surface area (Å²) in [4.78, 5) is 14.0. The van der Waals surface area contributed by atoms with Crippen molar-refractivity contribution in [1.29, 1.82) is 0 Å². The van der Waals surface area contributed by atoms with Gasteiger partial charge in [-0.2, -0.15) is 0 Å². The summed E-state index contributed by atoms with van der Waals surface area (Å²) in [6.07, 6.45) is 2.31. The number of aromatic nitrogens is 1. The second kappa shape index (κ2) is 6.60. The molecule has 5 rings (SSSR count). The number of ether oxygens (including phenoxy) is 2. The Morgan fingerprint density at radius 2 is 2.04 bits per heavy atom. The molecule has 1 aromatic heterocycles. The summed E-state index contributed by atoms with van der Waals surface area (Å²) in [6, 6.07) is 9.69. The molecule has 150 valence electrons. The van der Waals surface area contributed by atoms with Crippen molar-refractivity contribution >= 4 is 16.9 Å². The summed E-state index contributed by atoms with van der Waals surface area (Å²) >= 11 is 0. The van der Waals surface area contributed by atoms with Gasteiger partial charge in [-0.05, 0) is 44.4 Å². The van der Waals surface area contributed by atoms with Crippen LogP contribution < -0.4 is 0 Å². The van der Waals surface area contributed by atoms with E-state index in [9.17, 15) is 4.79 Å². The average Bonchev–Trinajstić information content (AvgIpc) is 2.94. The highest BCUT2D eigenvalue weighted by molar-refractivity contribution is 5.86. The highest BCUT2D eigenvalue weighted by Crippen LogP contribution is 2.52. The lowest BCUT2D eigenvalue weighted by molar-refractivity contribution is -0.165. The van der Waals surface area contributed by atoms with E-state index in [2.05, 4.69) is 54.8 Å². The highest BCUT2D eigenvalue weighted by Gasteiger charge is 2.52. The van der Waals surface area contributed by atoms with Crippen LogP contribution in [0.25, 0.3) is 10.9 Å². The number of esters is 1. The van der Waals surface area contributed by atoms with Crippen molar-refractivity contribution in [2.24, 2.45) is 24.8 Å². The van der Waals surface area contributed by atoms with Gasteiger partial charge in [-0.3, -0.25) is 9.69 Å². The summed E-state index contributed by atoms with van der Waals surface area (Å²) < 4.78 is 14.1. The number of hydrogen-bond donors (Lipinski definition) is 0. The van der Waals surface area contributed by atoms with Crippen LogP contribution in [0.5, 0.6) is 0 Å². The van der Waals surface area contributed by atoms with Crippen molar-refractivity contribution < 1.29 is 14.3 Å². The van der Waals surface area contributed by atoms with E-state index >= 15 is 0 Å². The molecule has 28 heavy (non-hydrogen) atoms. The predicted octanol–water partition coefficient (Wildman–Crippen LogP) is 3.31. The van der Waals surface area contributed by atoms with Crippen LogP contribution in [-0.2, 0) is 27.7 Å². The zero-order valence-corrected chi connectivity index (χ0v) is 17.2. The molecule has 5 nitrogen and oxygen atoms in total. The van der Waals surface area contributed by atoms with Crippen molar-refractivity contribution in [2.45, 2.75) is 44.9 Å². The van der Waals surface area contributed by atoms with E-state index in [0.29, 0.717) is 30.5 Å². The Balaban J connectivity index is 1.56. The second-order valence-electron chi connectivity index (χ2n) is 8.96. The molecule has 3 aliphatic rings. The normalized spacial score (nSPS) is 34.7. The van der Waals surface area contributed by atoms with Gasteiger partial charge in [0, 0.05) is 48.4 Å². The molecule has 6 atom stereocenters. The molecule has 0 N–H and O–H groups in total. The second-order valence-corrected chi connectivity index (χ2v) is 8.96. The molecular weight excluding hydrogens is 352 g/mol. The number of carbonyl (C=O) groups excluding carboxylic acids is 1. The Morgan fingerprint density at radius 3 is 2.82 bits per heavy atom. The monoisotopic (exact) mass is 382 g/mol. The van der Waals surface area contributed by atoms with Crippen LogP contribution in [-0.4, -0.2) is 47.8 Å². The first-order chi connectivity index (χ1) is 13.5. The third kappa shape index (κ3) is 2.56. The fourth-order valence-corrected chi connectivity index (χ4v) is 6.29. The van der Waals surface area contributed by atoms with Crippen LogP contribution in [0.2, 0.25) is 0 Å². The van der Waals surface area contributed by atoms with Gasteiger partial charge in [0.05, 0.1) is 25.4 Å². The number of fused-ring (bicyclic) bond motifs is 8. The Morgan fingerprint density at radius 1 is 1.25 bits per heavy atom. The molecule has 4 heterocycles. The molecule has 2 bridgehead atoms. The van der Waals surface area contributed by atoms with E-state index in [-0.39, 0.29) is 18.0 Å². The fraction of sp³-hybridized carbons (Fsp3) is 0.609. The molecule has 2 saturated heterocycles. The van der Waals surface area contributed by atoms with E-state index in [4.69, 9.17) is 9.47 Å². The zero-order chi connectivity index (χ0) is 19.6. The highest BCUT2D eigenvalue weighted by atomic mass is 16.5. The fourth-order valence-electron chi connectivity index (χ4n) is 6.29. The van der Waals surface area contributed by atoms with Crippen LogP contribution >= 0.6 is 0 Å². The smallest absolute Gasteiger partial charge is 0.302 e. The Hall–Kier alpha value is -1.85. The molecule has 0 radical (unpaired) electrons. The molecule has 0 aliphatic carbocycles. The van der Waals surface area contributed by atoms with E-state index < -0.39 is 0 Å². The number of hydrogen-bond acceptors (Lipinski definition) is 4. The first-order valence-electron chi connectivity index (χ1n) is 10.5. The maximum absolute atomic E-state index is 11.4. The average molecular weight is 383 g/mol. The zero-order valence-electron chi connectivity index (χ0n) is 17.2. The SMILES string of the molecule is CC(=O)OCC1C(C)OCC2C1CC1c3c(c4ccccc4n3C)CC2N1C. The van der Waals surface area contributed by atoms with Gasteiger partial charge in [0.15, 0.2) is 0 Å². The third-order valence-electron chi connectivity index (χ3n) is 7.73. The number of para-hydroxylation sites is 1. The number of carbonyl (C=O) groups is 1. The van der Waals surface area contributed by atoms with Crippen LogP contribution in [0.3, 0.4) is 0 Å². The molecule has 2 fully saturated rings. The number of rotatable bonds is 2. The van der Waals surface area contributed by atoms with Gasteiger partial charge in [0.25, 0.3) is 0 Å². The quantitative estimate of drug-likeness (QED) is 0.748. The van der Waals surface area contributed by atoms with Gasteiger partial charge in [-0.25, -0.2) is 0 Å². The number of nitrogens with zero attached hydrogens (tertiary/aromatic N) is 2. The van der Waals surface area contributed by atoms with E-state index in [1.807, 2.05) is 0 Å². The number of likely N-dealkylation sites (N-methyl/N-ethyl adjacent to an activating group) is 1. The topological polar surface area (TPSA) is 43.7 Å². The van der Waals surface area contributed by atoms with Gasteiger partial charge in [0.1, 0.15) is 0 Å². The predicted molar refractivity (Wildman–Crippen MR) is 108 cm³/mol. The van der Waals surface area contributed by atoms with Crippen molar-refractivity contribution in [2.75, 3.05) is 20.3 Å². The third-order valence-corrected chi connectivity index (χ3v) is 7.73. The number of aryl methyl sites for hydroxylation is 1. The van der Waals surface area contributed by atoms with Gasteiger partial charge in [0.2, 0.25) is 0 Å². The van der Waals surface area contributed by atoms with Crippen molar-refractivity contribution in [3.8, 4) is 0 Å². The maximum atomic E-state index is 11.4.